The first kappa shape index (κ1) is 23.6. The molecule has 1 fully saturated rings. The summed E-state index contributed by atoms with van der Waals surface area (Å²) in [4.78, 5) is 15.4. The maximum atomic E-state index is 13.1. The van der Waals surface area contributed by atoms with Gasteiger partial charge in [-0.25, -0.2) is 4.79 Å². The van der Waals surface area contributed by atoms with E-state index in [0.29, 0.717) is 17.8 Å². The summed E-state index contributed by atoms with van der Waals surface area (Å²) in [6.45, 7) is 11.4. The van der Waals surface area contributed by atoms with E-state index in [-0.39, 0.29) is 23.8 Å². The topological polar surface area (TPSA) is 38.8 Å². The largest absolute Gasteiger partial charge is 0.444 e. The van der Waals surface area contributed by atoms with Crippen molar-refractivity contribution in [2.75, 3.05) is 0 Å². The third-order valence-corrected chi connectivity index (χ3v) is 11.2. The summed E-state index contributed by atoms with van der Waals surface area (Å²) in [5, 5.41) is 0.0765. The number of carbonyl (C=O) groups is 1. The Kier molecular flexibility index (Phi) is 7.34. The van der Waals surface area contributed by atoms with Crippen LogP contribution in [0.1, 0.15) is 38.3 Å². The molecule has 2 atom stereocenters. The smallest absolute Gasteiger partial charge is 0.415 e. The van der Waals surface area contributed by atoms with Crippen molar-refractivity contribution >= 4 is 31.6 Å². The maximum Gasteiger partial charge on any atom is 0.415 e. The summed E-state index contributed by atoms with van der Waals surface area (Å²) < 4.78 is 12.4. The molecular weight excluding hydrogens is 422 g/mol. The summed E-state index contributed by atoms with van der Waals surface area (Å²) in [7, 11) is -2.03. The molecule has 1 heterocycles. The standard InChI is InChI=1S/C25H33NO3SSi/c1-25(2,3)31(4,5)29-22-17-23(30)26(21(22)16-19-12-8-6-9-13-19)24(27)28-18-20-14-10-7-11-15-20/h6-15,21-22H,16-18H2,1-5H3. The second-order valence-electron chi connectivity index (χ2n) is 9.68. The van der Waals surface area contributed by atoms with Crippen LogP contribution < -0.4 is 0 Å². The second-order valence-corrected chi connectivity index (χ2v) is 14.9. The molecule has 6 heteroatoms. The van der Waals surface area contributed by atoms with Crippen molar-refractivity contribution in [2.45, 2.75) is 70.5 Å². The van der Waals surface area contributed by atoms with Crippen LogP contribution in [0, 0.1) is 0 Å². The predicted molar refractivity (Wildman–Crippen MR) is 132 cm³/mol. The molecule has 1 aliphatic heterocycles. The highest BCUT2D eigenvalue weighted by atomic mass is 32.1. The average Bonchev–Trinajstić information content (AvgIpc) is 3.01. The number of ether oxygens (including phenoxy) is 1. The lowest BCUT2D eigenvalue weighted by molar-refractivity contribution is 0.0852. The molecule has 31 heavy (non-hydrogen) atoms. The molecule has 1 aliphatic rings. The zero-order valence-electron chi connectivity index (χ0n) is 19.1. The van der Waals surface area contributed by atoms with Gasteiger partial charge in [0.15, 0.2) is 8.32 Å². The zero-order chi connectivity index (χ0) is 22.6. The minimum atomic E-state index is -2.03. The highest BCUT2D eigenvalue weighted by Crippen LogP contribution is 2.40. The molecule has 3 rings (SSSR count). The van der Waals surface area contributed by atoms with E-state index in [0.717, 1.165) is 11.1 Å². The molecule has 0 N–H and O–H groups in total. The normalized spacial score (nSPS) is 19.5. The van der Waals surface area contributed by atoms with Crippen molar-refractivity contribution in [2.24, 2.45) is 0 Å². The number of hydrogen-bond donors (Lipinski definition) is 0. The minimum Gasteiger partial charge on any atom is -0.444 e. The van der Waals surface area contributed by atoms with Gasteiger partial charge in [-0.05, 0) is 35.7 Å². The van der Waals surface area contributed by atoms with Crippen molar-refractivity contribution < 1.29 is 14.0 Å². The molecule has 2 unspecified atom stereocenters. The highest BCUT2D eigenvalue weighted by molar-refractivity contribution is 7.80. The Balaban J connectivity index is 1.81. The van der Waals surface area contributed by atoms with Crippen molar-refractivity contribution in [1.82, 2.24) is 4.90 Å². The fourth-order valence-corrected chi connectivity index (χ4v) is 5.26. The Bertz CT molecular complexity index is 896. The number of benzene rings is 2. The van der Waals surface area contributed by atoms with Gasteiger partial charge >= 0.3 is 6.09 Å². The van der Waals surface area contributed by atoms with Crippen molar-refractivity contribution in [1.29, 1.82) is 0 Å². The van der Waals surface area contributed by atoms with Crippen LogP contribution >= 0.6 is 12.2 Å². The third kappa shape index (κ3) is 5.82. The first-order valence-electron chi connectivity index (χ1n) is 10.8. The van der Waals surface area contributed by atoms with Gasteiger partial charge in [-0.15, -0.1) is 0 Å². The quantitative estimate of drug-likeness (QED) is 0.375. The molecule has 1 amide bonds. The van der Waals surface area contributed by atoms with Gasteiger partial charge in [0.05, 0.1) is 17.1 Å². The predicted octanol–water partition coefficient (Wildman–Crippen LogP) is 6.36. The fourth-order valence-electron chi connectivity index (χ4n) is 3.54. The number of rotatable bonds is 6. The maximum absolute atomic E-state index is 13.1. The Morgan fingerprint density at radius 1 is 1.03 bits per heavy atom. The molecule has 0 bridgehead atoms. The molecule has 166 valence electrons. The van der Waals surface area contributed by atoms with E-state index < -0.39 is 14.4 Å². The molecule has 0 spiro atoms. The second kappa shape index (κ2) is 9.63. The molecule has 0 aromatic heterocycles. The summed E-state index contributed by atoms with van der Waals surface area (Å²) >= 11 is 5.66. The molecular formula is C25H33NO3SSi. The van der Waals surface area contributed by atoms with Crippen LogP contribution in [0.3, 0.4) is 0 Å². The van der Waals surface area contributed by atoms with Crippen molar-refractivity contribution in [3.8, 4) is 0 Å². The Morgan fingerprint density at radius 2 is 1.58 bits per heavy atom. The Labute approximate surface area is 192 Å². The van der Waals surface area contributed by atoms with Crippen LogP contribution in [0.4, 0.5) is 4.79 Å². The summed E-state index contributed by atoms with van der Waals surface area (Å²) in [6, 6.07) is 19.7. The molecule has 1 saturated heterocycles. The number of thiocarbonyl (C=S) groups is 1. The van der Waals surface area contributed by atoms with Gasteiger partial charge in [0.2, 0.25) is 0 Å². The average molecular weight is 456 g/mol. The van der Waals surface area contributed by atoms with Crippen LogP contribution in [0.15, 0.2) is 60.7 Å². The molecule has 0 radical (unpaired) electrons. The first-order chi connectivity index (χ1) is 14.6. The van der Waals surface area contributed by atoms with Gasteiger partial charge in [-0.2, -0.15) is 0 Å². The summed E-state index contributed by atoms with van der Waals surface area (Å²) in [5.74, 6) is 0. The van der Waals surface area contributed by atoms with Crippen molar-refractivity contribution in [3.63, 3.8) is 0 Å². The van der Waals surface area contributed by atoms with E-state index in [1.54, 1.807) is 4.90 Å². The first-order valence-corrected chi connectivity index (χ1v) is 14.1. The van der Waals surface area contributed by atoms with E-state index >= 15 is 0 Å². The van der Waals surface area contributed by atoms with E-state index in [2.05, 4.69) is 46.0 Å². The number of likely N-dealkylation sites (tertiary alicyclic amines) is 1. The summed E-state index contributed by atoms with van der Waals surface area (Å²) in [6.07, 6.45) is 0.731. The van der Waals surface area contributed by atoms with Crippen LogP contribution in [0.2, 0.25) is 18.1 Å². The van der Waals surface area contributed by atoms with Gasteiger partial charge in [-0.3, -0.25) is 4.90 Å². The van der Waals surface area contributed by atoms with E-state index in [9.17, 15) is 4.79 Å². The van der Waals surface area contributed by atoms with Gasteiger partial charge in [0.25, 0.3) is 0 Å². The van der Waals surface area contributed by atoms with Crippen molar-refractivity contribution in [3.05, 3.63) is 71.8 Å². The lowest BCUT2D eigenvalue weighted by Gasteiger charge is -2.40. The molecule has 0 saturated carbocycles. The Hall–Kier alpha value is -2.02. The lowest BCUT2D eigenvalue weighted by Crippen LogP contribution is -2.49. The number of nitrogens with zero attached hydrogens (tertiary/aromatic N) is 1. The van der Waals surface area contributed by atoms with Gasteiger partial charge in [-0.1, -0.05) is 93.7 Å². The number of hydrogen-bond acceptors (Lipinski definition) is 4. The Morgan fingerprint density at radius 3 is 2.13 bits per heavy atom. The molecule has 4 nitrogen and oxygen atoms in total. The van der Waals surface area contributed by atoms with Crippen LogP contribution in [-0.4, -0.2) is 36.4 Å². The molecule has 2 aromatic rings. The van der Waals surface area contributed by atoms with Crippen LogP contribution in [-0.2, 0) is 22.2 Å². The molecule has 2 aromatic carbocycles. The lowest BCUT2D eigenvalue weighted by atomic mass is 10.0. The monoisotopic (exact) mass is 455 g/mol. The van der Waals surface area contributed by atoms with Gasteiger partial charge < -0.3 is 9.16 Å². The highest BCUT2D eigenvalue weighted by Gasteiger charge is 2.47. The SMILES string of the molecule is CC(C)(C)[Si](C)(C)OC1CC(=S)N(C(=O)OCc2ccccc2)C1Cc1ccccc1. The minimum absolute atomic E-state index is 0.0765. The fraction of sp³-hybridized carbons (Fsp3) is 0.440. The number of carbonyl (C=O) groups excluding carboxylic acids is 1. The number of amides is 1. The summed E-state index contributed by atoms with van der Waals surface area (Å²) in [5.41, 5.74) is 2.11. The van der Waals surface area contributed by atoms with Crippen LogP contribution in [0.25, 0.3) is 0 Å². The van der Waals surface area contributed by atoms with E-state index in [1.807, 2.05) is 48.5 Å². The zero-order valence-corrected chi connectivity index (χ0v) is 20.9. The van der Waals surface area contributed by atoms with Gasteiger partial charge in [0.1, 0.15) is 6.61 Å². The van der Waals surface area contributed by atoms with E-state index in [4.69, 9.17) is 21.4 Å². The van der Waals surface area contributed by atoms with E-state index in [1.165, 1.54) is 0 Å². The van der Waals surface area contributed by atoms with Gasteiger partial charge in [0, 0.05) is 6.42 Å². The van der Waals surface area contributed by atoms with Crippen LogP contribution in [0.5, 0.6) is 0 Å². The molecule has 0 aliphatic carbocycles. The third-order valence-electron chi connectivity index (χ3n) is 6.35.